The highest BCUT2D eigenvalue weighted by Gasteiger charge is 2.06. The predicted octanol–water partition coefficient (Wildman–Crippen LogP) is 3.11. The molecule has 3 heteroatoms. The number of ketones is 1. The number of hydrogen-bond acceptors (Lipinski definition) is 2. The molecule has 0 aliphatic heterocycles. The molecule has 1 heterocycles. The molecule has 15 heavy (non-hydrogen) atoms. The monoisotopic (exact) mass is 221 g/mol. The van der Waals surface area contributed by atoms with Gasteiger partial charge in [0, 0.05) is 12.6 Å². The Hall–Kier alpha value is -1.33. The average molecular weight is 222 g/mol. The molecule has 0 aromatic carbocycles. The third-order valence-electron chi connectivity index (χ3n) is 1.86. The summed E-state index contributed by atoms with van der Waals surface area (Å²) in [7, 11) is 0. The van der Waals surface area contributed by atoms with Gasteiger partial charge in [0.2, 0.25) is 5.78 Å². The van der Waals surface area contributed by atoms with Gasteiger partial charge in [-0.2, -0.15) is 0 Å². The van der Waals surface area contributed by atoms with E-state index < -0.39 is 0 Å². The van der Waals surface area contributed by atoms with Crippen molar-refractivity contribution in [1.29, 1.82) is 0 Å². The van der Waals surface area contributed by atoms with Gasteiger partial charge in [-0.25, -0.2) is 4.98 Å². The van der Waals surface area contributed by atoms with Crippen molar-refractivity contribution in [2.24, 2.45) is 0 Å². The number of Topliss-reactive ketones (excluding diaryl/α,β-unsaturated/α-hetero) is 1. The minimum atomic E-state index is -0.260. The molecular weight excluding hydrogens is 210 g/mol. The van der Waals surface area contributed by atoms with Gasteiger partial charge in [0.15, 0.2) is 0 Å². The van der Waals surface area contributed by atoms with Gasteiger partial charge in [0.1, 0.15) is 5.15 Å². The molecule has 0 bridgehead atoms. The van der Waals surface area contributed by atoms with E-state index in [1.165, 1.54) is 0 Å². The molecule has 1 aromatic heterocycles. The van der Waals surface area contributed by atoms with E-state index in [1.54, 1.807) is 18.3 Å². The van der Waals surface area contributed by atoms with Gasteiger partial charge in [-0.3, -0.25) is 4.79 Å². The number of carbonyl (C=O) groups is 1. The Kier molecular flexibility index (Phi) is 4.86. The van der Waals surface area contributed by atoms with Crippen LogP contribution in [0.15, 0.2) is 18.3 Å². The Balaban J connectivity index is 2.68. The van der Waals surface area contributed by atoms with Crippen LogP contribution in [0.2, 0.25) is 5.15 Å². The highest BCUT2D eigenvalue weighted by Crippen LogP contribution is 2.11. The third-order valence-corrected chi connectivity index (χ3v) is 2.16. The van der Waals surface area contributed by atoms with Crippen molar-refractivity contribution < 1.29 is 4.79 Å². The van der Waals surface area contributed by atoms with Crippen LogP contribution in [0, 0.1) is 11.8 Å². The number of aromatic nitrogens is 1. The van der Waals surface area contributed by atoms with Crippen molar-refractivity contribution in [2.75, 3.05) is 0 Å². The number of carbonyl (C=O) groups excluding carboxylic acids is 1. The number of pyridine rings is 1. The maximum absolute atomic E-state index is 11.5. The summed E-state index contributed by atoms with van der Waals surface area (Å²) in [6, 6.07) is 3.30. The minimum Gasteiger partial charge on any atom is -0.279 e. The van der Waals surface area contributed by atoms with Crippen molar-refractivity contribution in [3.05, 3.63) is 29.0 Å². The first kappa shape index (κ1) is 11.7. The quantitative estimate of drug-likeness (QED) is 0.258. The molecule has 78 valence electrons. The van der Waals surface area contributed by atoms with Gasteiger partial charge in [-0.05, 0) is 24.5 Å². The lowest BCUT2D eigenvalue weighted by molar-refractivity contribution is 0.105. The van der Waals surface area contributed by atoms with Gasteiger partial charge in [0.05, 0.1) is 5.56 Å². The summed E-state index contributed by atoms with van der Waals surface area (Å²) in [5.41, 5.74) is 0.378. The van der Waals surface area contributed by atoms with Crippen LogP contribution < -0.4 is 0 Å². The normalized spacial score (nSPS) is 9.20. The fraction of sp³-hybridized carbons (Fsp3) is 0.333. The van der Waals surface area contributed by atoms with E-state index >= 15 is 0 Å². The number of rotatable bonds is 3. The van der Waals surface area contributed by atoms with Crippen LogP contribution in [0.25, 0.3) is 0 Å². The molecule has 0 amide bonds. The number of unbranched alkanes of at least 4 members (excludes halogenated alkanes) is 2. The topological polar surface area (TPSA) is 30.0 Å². The number of halogens is 1. The molecule has 1 rings (SSSR count). The van der Waals surface area contributed by atoms with Gasteiger partial charge in [0.25, 0.3) is 0 Å². The summed E-state index contributed by atoms with van der Waals surface area (Å²) in [5, 5.41) is 0.215. The lowest BCUT2D eigenvalue weighted by Crippen LogP contribution is -1.97. The highest BCUT2D eigenvalue weighted by molar-refractivity contribution is 6.33. The predicted molar refractivity (Wildman–Crippen MR) is 60.9 cm³/mol. The molecule has 2 nitrogen and oxygen atoms in total. The lowest BCUT2D eigenvalue weighted by atomic mass is 10.2. The molecule has 0 aliphatic carbocycles. The fourth-order valence-electron chi connectivity index (χ4n) is 1.03. The fourth-order valence-corrected chi connectivity index (χ4v) is 1.24. The smallest absolute Gasteiger partial charge is 0.238 e. The first-order chi connectivity index (χ1) is 7.25. The van der Waals surface area contributed by atoms with E-state index in [-0.39, 0.29) is 10.9 Å². The van der Waals surface area contributed by atoms with Crippen LogP contribution in [-0.4, -0.2) is 10.8 Å². The molecule has 0 saturated carbocycles. The second kappa shape index (κ2) is 6.21. The molecule has 0 unspecified atom stereocenters. The lowest BCUT2D eigenvalue weighted by Gasteiger charge is -1.94. The first-order valence-electron chi connectivity index (χ1n) is 4.89. The molecule has 0 atom stereocenters. The van der Waals surface area contributed by atoms with E-state index in [2.05, 4.69) is 23.7 Å². The Morgan fingerprint density at radius 1 is 1.60 bits per heavy atom. The molecule has 0 aliphatic rings. The van der Waals surface area contributed by atoms with Crippen molar-refractivity contribution in [2.45, 2.75) is 26.2 Å². The first-order valence-corrected chi connectivity index (χ1v) is 5.27. The summed E-state index contributed by atoms with van der Waals surface area (Å²) >= 11 is 5.76. The van der Waals surface area contributed by atoms with Crippen LogP contribution in [0.4, 0.5) is 0 Å². The Labute approximate surface area is 94.7 Å². The molecular formula is C12H12ClNO. The van der Waals surface area contributed by atoms with E-state index in [0.717, 1.165) is 19.3 Å². The van der Waals surface area contributed by atoms with Crippen LogP contribution in [0.5, 0.6) is 0 Å². The maximum Gasteiger partial charge on any atom is 0.238 e. The Bertz CT molecular complexity index is 404. The Morgan fingerprint density at radius 2 is 2.40 bits per heavy atom. The summed E-state index contributed by atoms with van der Waals surface area (Å²) in [5.74, 6) is 5.13. The van der Waals surface area contributed by atoms with Crippen LogP contribution in [0.1, 0.15) is 36.5 Å². The standard InChI is InChI=1S/C12H12ClNO/c1-2-3-4-5-8-11(15)10-7-6-9-14-12(10)13/h6-7,9H,2-4H2,1H3. The molecule has 0 spiro atoms. The molecule has 1 aromatic rings. The minimum absolute atomic E-state index is 0.215. The van der Waals surface area contributed by atoms with Crippen LogP contribution in [-0.2, 0) is 0 Å². The van der Waals surface area contributed by atoms with E-state index in [1.807, 2.05) is 0 Å². The number of hydrogen-bond donors (Lipinski definition) is 0. The summed E-state index contributed by atoms with van der Waals surface area (Å²) in [6.45, 7) is 2.08. The summed E-state index contributed by atoms with van der Waals surface area (Å²) < 4.78 is 0. The van der Waals surface area contributed by atoms with Gasteiger partial charge < -0.3 is 0 Å². The van der Waals surface area contributed by atoms with Gasteiger partial charge >= 0.3 is 0 Å². The van der Waals surface area contributed by atoms with E-state index in [9.17, 15) is 4.79 Å². The zero-order valence-corrected chi connectivity index (χ0v) is 9.34. The van der Waals surface area contributed by atoms with Gasteiger partial charge in [-0.15, -0.1) is 0 Å². The van der Waals surface area contributed by atoms with Crippen molar-refractivity contribution in [3.8, 4) is 11.8 Å². The zero-order chi connectivity index (χ0) is 11.1. The van der Waals surface area contributed by atoms with E-state index in [4.69, 9.17) is 11.6 Å². The SMILES string of the molecule is CCCCC#CC(=O)c1cccnc1Cl. The van der Waals surface area contributed by atoms with Gasteiger partial charge in [-0.1, -0.05) is 30.9 Å². The summed E-state index contributed by atoms with van der Waals surface area (Å²) in [6.07, 6.45) is 4.39. The van der Waals surface area contributed by atoms with E-state index in [0.29, 0.717) is 5.56 Å². The Morgan fingerprint density at radius 3 is 3.07 bits per heavy atom. The average Bonchev–Trinajstić information content (AvgIpc) is 2.25. The molecule has 0 saturated heterocycles. The number of nitrogens with zero attached hydrogens (tertiary/aromatic N) is 1. The molecule has 0 radical (unpaired) electrons. The van der Waals surface area contributed by atoms with Crippen molar-refractivity contribution in [3.63, 3.8) is 0 Å². The van der Waals surface area contributed by atoms with Crippen LogP contribution >= 0.6 is 11.6 Å². The third kappa shape index (κ3) is 3.73. The largest absolute Gasteiger partial charge is 0.279 e. The van der Waals surface area contributed by atoms with Crippen molar-refractivity contribution >= 4 is 17.4 Å². The second-order valence-corrected chi connectivity index (χ2v) is 3.43. The maximum atomic E-state index is 11.5. The van der Waals surface area contributed by atoms with Crippen molar-refractivity contribution in [1.82, 2.24) is 4.98 Å². The zero-order valence-electron chi connectivity index (χ0n) is 8.59. The molecule has 0 fully saturated rings. The summed E-state index contributed by atoms with van der Waals surface area (Å²) in [4.78, 5) is 15.4. The molecule has 0 N–H and O–H groups in total. The second-order valence-electron chi connectivity index (χ2n) is 3.08. The van der Waals surface area contributed by atoms with Crippen LogP contribution in [0.3, 0.4) is 0 Å². The highest BCUT2D eigenvalue weighted by atomic mass is 35.5.